The number of likely N-dealkylation sites (tertiary alicyclic amines) is 1. The second kappa shape index (κ2) is 7.13. The van der Waals surface area contributed by atoms with Crippen LogP contribution in [0.5, 0.6) is 0 Å². The van der Waals surface area contributed by atoms with Gasteiger partial charge in [-0.2, -0.15) is 0 Å². The average molecular weight is 368 g/mol. The molecule has 0 aromatic heterocycles. The lowest BCUT2D eigenvalue weighted by Gasteiger charge is -2.40. The van der Waals surface area contributed by atoms with E-state index in [-0.39, 0.29) is 10.4 Å². The van der Waals surface area contributed by atoms with Gasteiger partial charge in [-0.15, -0.1) is 0 Å². The summed E-state index contributed by atoms with van der Waals surface area (Å²) in [6.07, 6.45) is 1.97. The Morgan fingerprint density at radius 3 is 2.12 bits per heavy atom. The number of carboxylic acid groups (broad SMARTS) is 1. The predicted octanol–water partition coefficient (Wildman–Crippen LogP) is 0.219. The number of carboxylic acids is 1. The number of rotatable bonds is 5. The van der Waals surface area contributed by atoms with E-state index in [2.05, 4.69) is 0 Å². The van der Waals surface area contributed by atoms with Gasteiger partial charge in [0.1, 0.15) is 0 Å². The van der Waals surface area contributed by atoms with Gasteiger partial charge in [0.2, 0.25) is 10.0 Å². The Kier molecular flexibility index (Phi) is 5.53. The molecule has 1 aliphatic heterocycles. The molecule has 1 amide bonds. The van der Waals surface area contributed by atoms with Crippen molar-refractivity contribution < 1.29 is 27.6 Å². The fourth-order valence-electron chi connectivity index (χ4n) is 3.24. The molecule has 8 heteroatoms. The van der Waals surface area contributed by atoms with Crippen molar-refractivity contribution in [3.8, 4) is 0 Å². The number of benzene rings is 1. The molecule has 0 N–H and O–H groups in total. The van der Waals surface area contributed by atoms with Crippen LogP contribution in [0.2, 0.25) is 0 Å². The summed E-state index contributed by atoms with van der Waals surface area (Å²) in [7, 11) is -1.90. The van der Waals surface area contributed by atoms with Gasteiger partial charge in [-0.05, 0) is 31.2 Å². The number of aliphatic carboxylic acids is 1. The van der Waals surface area contributed by atoms with Crippen molar-refractivity contribution in [3.05, 3.63) is 29.8 Å². The van der Waals surface area contributed by atoms with Crippen LogP contribution in [0.25, 0.3) is 0 Å². The van der Waals surface area contributed by atoms with Crippen LogP contribution < -0.4 is 9.41 Å². The topological polar surface area (TPSA) is 94.6 Å². The number of carbonyl (C=O) groups excluding carboxylic acids is 2. The number of hydrogen-bond acceptors (Lipinski definition) is 5. The number of hydrogen-bond donors (Lipinski definition) is 0. The number of quaternary nitrogens is 1. The van der Waals surface area contributed by atoms with E-state index in [1.54, 1.807) is 24.3 Å². The van der Waals surface area contributed by atoms with Gasteiger partial charge in [-0.1, -0.05) is 0 Å². The number of amides is 1. The molecule has 0 bridgehead atoms. The first-order chi connectivity index (χ1) is 11.6. The minimum absolute atomic E-state index is 0.0622. The predicted molar refractivity (Wildman–Crippen MR) is 92.3 cm³/mol. The molecule has 0 spiro atoms. The minimum atomic E-state index is -3.36. The summed E-state index contributed by atoms with van der Waals surface area (Å²) in [5.41, 5.74) is 0.983. The minimum Gasteiger partial charge on any atom is -0.550 e. The highest BCUT2D eigenvalue weighted by atomic mass is 32.2. The highest BCUT2D eigenvalue weighted by molar-refractivity contribution is 7.92. The van der Waals surface area contributed by atoms with Crippen molar-refractivity contribution in [2.75, 3.05) is 37.2 Å². The molecule has 25 heavy (non-hydrogen) atoms. The zero-order valence-corrected chi connectivity index (χ0v) is 15.6. The van der Waals surface area contributed by atoms with Gasteiger partial charge in [0.05, 0.1) is 37.1 Å². The number of nitrogens with zero attached hydrogens (tertiary/aromatic N) is 2. The zero-order chi connectivity index (χ0) is 18.8. The lowest BCUT2D eigenvalue weighted by Crippen LogP contribution is -2.58. The number of carbonyl (C=O) groups is 2. The summed E-state index contributed by atoms with van der Waals surface area (Å²) < 4.78 is 24.5. The third kappa shape index (κ3) is 4.01. The number of anilines is 1. The van der Waals surface area contributed by atoms with Crippen LogP contribution in [-0.4, -0.2) is 57.7 Å². The molecule has 1 saturated heterocycles. The maximum Gasteiger partial charge on any atom is 0.345 e. The summed E-state index contributed by atoms with van der Waals surface area (Å²) in [5, 5.41) is 11.0. The van der Waals surface area contributed by atoms with E-state index in [1.165, 1.54) is 7.05 Å². The molecule has 1 aliphatic rings. The van der Waals surface area contributed by atoms with Crippen LogP contribution in [0, 0.1) is 5.92 Å². The van der Waals surface area contributed by atoms with Gasteiger partial charge in [0, 0.05) is 31.8 Å². The monoisotopic (exact) mass is 368 g/mol. The largest absolute Gasteiger partial charge is 0.550 e. The molecule has 0 unspecified atom stereocenters. The summed E-state index contributed by atoms with van der Waals surface area (Å²) in [5.74, 6) is -1.60. The molecule has 138 valence electrons. The lowest BCUT2D eigenvalue weighted by atomic mass is 9.94. The first-order valence-corrected chi connectivity index (χ1v) is 10.1. The quantitative estimate of drug-likeness (QED) is 0.693. The van der Waals surface area contributed by atoms with Gasteiger partial charge < -0.3 is 9.90 Å². The van der Waals surface area contributed by atoms with Crippen LogP contribution in [-0.2, 0) is 14.8 Å². The Morgan fingerprint density at radius 2 is 1.72 bits per heavy atom. The molecule has 0 saturated carbocycles. The van der Waals surface area contributed by atoms with Gasteiger partial charge in [0.15, 0.2) is 0 Å². The Bertz CT molecular complexity index is 750. The Labute approximate surface area is 148 Å². The van der Waals surface area contributed by atoms with E-state index in [4.69, 9.17) is 0 Å². The molecule has 0 atom stereocenters. The SMILES string of the molecule is CC[N+]1(C(=O)c2ccc(N(C)S(C)(=O)=O)cc2)CCC(C(=O)[O-])CC1. The van der Waals surface area contributed by atoms with Crippen molar-refractivity contribution in [1.29, 1.82) is 0 Å². The van der Waals surface area contributed by atoms with Crippen LogP contribution in [0.15, 0.2) is 24.3 Å². The Hall–Kier alpha value is -1.93. The van der Waals surface area contributed by atoms with Gasteiger partial charge in [0.25, 0.3) is 0 Å². The molecule has 1 aromatic rings. The molecule has 0 radical (unpaired) electrons. The summed E-state index contributed by atoms with van der Waals surface area (Å²) in [6, 6.07) is 6.46. The molecular formula is C17H24N2O5S. The van der Waals surface area contributed by atoms with Crippen molar-refractivity contribution in [2.45, 2.75) is 19.8 Å². The maximum atomic E-state index is 13.0. The summed E-state index contributed by atoms with van der Waals surface area (Å²) >= 11 is 0. The van der Waals surface area contributed by atoms with E-state index in [1.807, 2.05) is 6.92 Å². The molecule has 1 fully saturated rings. The zero-order valence-electron chi connectivity index (χ0n) is 14.8. The van der Waals surface area contributed by atoms with Gasteiger partial charge in [-0.3, -0.25) is 8.79 Å². The van der Waals surface area contributed by atoms with E-state index in [0.29, 0.717) is 43.7 Å². The molecular weight excluding hydrogens is 344 g/mol. The van der Waals surface area contributed by atoms with Crippen LogP contribution in [0.4, 0.5) is 5.69 Å². The van der Waals surface area contributed by atoms with E-state index in [9.17, 15) is 23.1 Å². The fraction of sp³-hybridized carbons (Fsp3) is 0.529. The number of piperidine rings is 1. The number of sulfonamides is 1. The summed E-state index contributed by atoms with van der Waals surface area (Å²) in [6.45, 7) is 3.45. The van der Waals surface area contributed by atoms with Crippen molar-refractivity contribution in [1.82, 2.24) is 0 Å². The first kappa shape index (κ1) is 19.4. The summed E-state index contributed by atoms with van der Waals surface area (Å²) in [4.78, 5) is 24.0. The normalized spacial score (nSPS) is 23.9. The molecule has 1 aromatic carbocycles. The highest BCUT2D eigenvalue weighted by Gasteiger charge is 2.40. The first-order valence-electron chi connectivity index (χ1n) is 8.26. The smallest absolute Gasteiger partial charge is 0.345 e. The van der Waals surface area contributed by atoms with Crippen molar-refractivity contribution in [2.24, 2.45) is 5.92 Å². The Morgan fingerprint density at radius 1 is 1.20 bits per heavy atom. The van der Waals surface area contributed by atoms with Crippen LogP contribution in [0.1, 0.15) is 30.1 Å². The lowest BCUT2D eigenvalue weighted by molar-refractivity contribution is -0.853. The van der Waals surface area contributed by atoms with Gasteiger partial charge in [-0.25, -0.2) is 13.2 Å². The second-order valence-electron chi connectivity index (χ2n) is 6.58. The second-order valence-corrected chi connectivity index (χ2v) is 8.60. The van der Waals surface area contributed by atoms with E-state index >= 15 is 0 Å². The van der Waals surface area contributed by atoms with Crippen molar-refractivity contribution in [3.63, 3.8) is 0 Å². The Balaban J connectivity index is 2.20. The van der Waals surface area contributed by atoms with Crippen LogP contribution >= 0.6 is 0 Å². The van der Waals surface area contributed by atoms with E-state index < -0.39 is 21.9 Å². The van der Waals surface area contributed by atoms with Crippen molar-refractivity contribution >= 4 is 27.6 Å². The fourth-order valence-corrected chi connectivity index (χ4v) is 3.74. The third-order valence-corrected chi connectivity index (χ3v) is 6.36. The molecule has 1 heterocycles. The molecule has 7 nitrogen and oxygen atoms in total. The molecule has 0 aliphatic carbocycles. The van der Waals surface area contributed by atoms with Crippen LogP contribution in [0.3, 0.4) is 0 Å². The van der Waals surface area contributed by atoms with E-state index in [0.717, 1.165) is 10.6 Å². The molecule has 2 rings (SSSR count). The average Bonchev–Trinajstić information content (AvgIpc) is 2.59. The van der Waals surface area contributed by atoms with Gasteiger partial charge >= 0.3 is 5.91 Å². The third-order valence-electron chi connectivity index (χ3n) is 5.16. The maximum absolute atomic E-state index is 13.0. The standard InChI is InChI=1S/C17H24N2O5S/c1-4-19(11-9-14(10-12-19)17(21)22)16(20)13-5-7-15(8-6-13)18(2)25(3,23)24/h5-8,14H,4,9-12H2,1-3H3. The highest BCUT2D eigenvalue weighted by Crippen LogP contribution is 2.27.